The maximum absolute atomic E-state index is 12.8. The summed E-state index contributed by atoms with van der Waals surface area (Å²) < 4.78 is 12.4. The molecule has 0 aliphatic carbocycles. The van der Waals surface area contributed by atoms with E-state index in [2.05, 4.69) is 5.32 Å². The molecule has 3 aromatic rings. The number of carboxylic acids is 1. The molecule has 7 nitrogen and oxygen atoms in total. The molecule has 0 aliphatic heterocycles. The average Bonchev–Trinajstić information content (AvgIpc) is 3.05. The van der Waals surface area contributed by atoms with Gasteiger partial charge in [-0.25, -0.2) is 0 Å². The number of carbonyl (C=O) groups is 2. The first-order valence-electron chi connectivity index (χ1n) is 8.72. The molecule has 0 aliphatic rings. The number of carbonyl (C=O) groups excluding carboxylic acids is 2. The molecule has 1 aromatic heterocycles. The van der Waals surface area contributed by atoms with Crippen molar-refractivity contribution in [3.8, 4) is 11.5 Å². The molecule has 1 N–H and O–H groups in total. The van der Waals surface area contributed by atoms with Gasteiger partial charge in [0.15, 0.2) is 0 Å². The first-order chi connectivity index (χ1) is 13.5. The molecule has 0 saturated heterocycles. The van der Waals surface area contributed by atoms with Crippen LogP contribution in [0.3, 0.4) is 0 Å². The van der Waals surface area contributed by atoms with Crippen LogP contribution in [0.25, 0.3) is 10.9 Å². The lowest BCUT2D eigenvalue weighted by Crippen LogP contribution is -2.49. The monoisotopic (exact) mass is 381 g/mol. The fraction of sp³-hybridized carbons (Fsp3) is 0.238. The molecular weight excluding hydrogens is 360 g/mol. The van der Waals surface area contributed by atoms with Crippen LogP contribution in [-0.2, 0) is 18.3 Å². The van der Waals surface area contributed by atoms with E-state index in [4.69, 9.17) is 9.47 Å². The van der Waals surface area contributed by atoms with Crippen molar-refractivity contribution in [1.29, 1.82) is 0 Å². The number of amides is 1. The quantitative estimate of drug-likeness (QED) is 0.666. The molecule has 0 fully saturated rings. The Morgan fingerprint density at radius 2 is 1.71 bits per heavy atom. The molecular formula is C21H21N2O5-. The first-order valence-corrected chi connectivity index (χ1v) is 8.72. The fourth-order valence-electron chi connectivity index (χ4n) is 3.24. The normalized spacial score (nSPS) is 11.8. The number of hydrogen-bond donors (Lipinski definition) is 1. The number of aromatic nitrogens is 1. The maximum Gasteiger partial charge on any atom is 0.268 e. The standard InChI is InChI=1S/C21H22N2O5/c1-23-16(12-14-17(27-2)9-10-18(28-3)19(14)23)20(24)22-15(21(25)26)11-13-7-5-4-6-8-13/h4-10,12,15H,11H2,1-3H3,(H,22,24)(H,25,26)/p-1/t15-/m0/s1. The van der Waals surface area contributed by atoms with Crippen molar-refractivity contribution in [2.75, 3.05) is 14.2 Å². The smallest absolute Gasteiger partial charge is 0.268 e. The van der Waals surface area contributed by atoms with Gasteiger partial charge in [0.2, 0.25) is 0 Å². The van der Waals surface area contributed by atoms with Crippen molar-refractivity contribution in [3.63, 3.8) is 0 Å². The minimum Gasteiger partial charge on any atom is -0.548 e. The van der Waals surface area contributed by atoms with Crippen molar-refractivity contribution < 1.29 is 24.2 Å². The third kappa shape index (κ3) is 3.64. The highest BCUT2D eigenvalue weighted by molar-refractivity contribution is 6.03. The number of rotatable bonds is 7. The SMILES string of the molecule is COc1ccc(OC)c2c1cc(C(=O)N[C@@H](Cc1ccccc1)C(=O)[O-])n2C. The van der Waals surface area contributed by atoms with E-state index < -0.39 is 17.9 Å². The van der Waals surface area contributed by atoms with Gasteiger partial charge in [0, 0.05) is 12.4 Å². The Balaban J connectivity index is 1.94. The number of hydrogen-bond acceptors (Lipinski definition) is 5. The highest BCUT2D eigenvalue weighted by Crippen LogP contribution is 2.35. The number of nitrogens with zero attached hydrogens (tertiary/aromatic N) is 1. The van der Waals surface area contributed by atoms with Crippen LogP contribution >= 0.6 is 0 Å². The van der Waals surface area contributed by atoms with Gasteiger partial charge in [-0.05, 0) is 30.2 Å². The second kappa shape index (κ2) is 8.04. The van der Waals surface area contributed by atoms with Crippen LogP contribution in [0.4, 0.5) is 0 Å². The molecule has 0 unspecified atom stereocenters. The zero-order valence-electron chi connectivity index (χ0n) is 15.9. The molecule has 1 amide bonds. The van der Waals surface area contributed by atoms with Gasteiger partial charge in [0.25, 0.3) is 5.91 Å². The number of fused-ring (bicyclic) bond motifs is 1. The van der Waals surface area contributed by atoms with Gasteiger partial charge in [-0.2, -0.15) is 0 Å². The number of aryl methyl sites for hydroxylation is 1. The fourth-order valence-corrected chi connectivity index (χ4v) is 3.24. The van der Waals surface area contributed by atoms with Gasteiger partial charge in [-0.15, -0.1) is 0 Å². The molecule has 28 heavy (non-hydrogen) atoms. The number of aliphatic carboxylic acids is 1. The second-order valence-electron chi connectivity index (χ2n) is 6.36. The Hall–Kier alpha value is -3.48. The molecule has 0 radical (unpaired) electrons. The highest BCUT2D eigenvalue weighted by atomic mass is 16.5. The van der Waals surface area contributed by atoms with Crippen LogP contribution in [-0.4, -0.2) is 36.7 Å². The van der Waals surface area contributed by atoms with E-state index in [-0.39, 0.29) is 12.1 Å². The molecule has 2 aromatic carbocycles. The van der Waals surface area contributed by atoms with Crippen molar-refractivity contribution in [1.82, 2.24) is 9.88 Å². The Morgan fingerprint density at radius 3 is 2.32 bits per heavy atom. The third-order valence-electron chi connectivity index (χ3n) is 4.66. The molecule has 3 rings (SSSR count). The van der Waals surface area contributed by atoms with Crippen LogP contribution in [0.5, 0.6) is 11.5 Å². The molecule has 0 saturated carbocycles. The third-order valence-corrected chi connectivity index (χ3v) is 4.66. The summed E-state index contributed by atoms with van der Waals surface area (Å²) in [4.78, 5) is 24.4. The minimum atomic E-state index is -1.34. The van der Waals surface area contributed by atoms with Crippen LogP contribution < -0.4 is 19.9 Å². The van der Waals surface area contributed by atoms with E-state index in [9.17, 15) is 14.7 Å². The lowest BCUT2D eigenvalue weighted by atomic mass is 10.1. The predicted molar refractivity (Wildman–Crippen MR) is 102 cm³/mol. The number of carboxylic acid groups (broad SMARTS) is 1. The molecule has 7 heteroatoms. The van der Waals surface area contributed by atoms with Crippen LogP contribution in [0.2, 0.25) is 0 Å². The summed E-state index contributed by atoms with van der Waals surface area (Å²) in [6, 6.07) is 13.1. The molecule has 1 atom stereocenters. The van der Waals surface area contributed by atoms with Crippen LogP contribution in [0.1, 0.15) is 16.1 Å². The van der Waals surface area contributed by atoms with Gasteiger partial charge >= 0.3 is 0 Å². The predicted octanol–water partition coefficient (Wildman–Crippen LogP) is 1.29. The Morgan fingerprint density at radius 1 is 1.07 bits per heavy atom. The van der Waals surface area contributed by atoms with Gasteiger partial charge < -0.3 is 29.3 Å². The topological polar surface area (TPSA) is 92.6 Å². The van der Waals surface area contributed by atoms with E-state index in [1.165, 1.54) is 0 Å². The van der Waals surface area contributed by atoms with Crippen molar-refractivity contribution in [3.05, 3.63) is 59.8 Å². The summed E-state index contributed by atoms with van der Waals surface area (Å²) in [6.45, 7) is 0. The molecule has 0 bridgehead atoms. The highest BCUT2D eigenvalue weighted by Gasteiger charge is 2.22. The van der Waals surface area contributed by atoms with Gasteiger partial charge in [-0.1, -0.05) is 30.3 Å². The number of nitrogens with one attached hydrogen (secondary N) is 1. The van der Waals surface area contributed by atoms with Crippen molar-refractivity contribution in [2.45, 2.75) is 12.5 Å². The van der Waals surface area contributed by atoms with Crippen molar-refractivity contribution >= 4 is 22.8 Å². The molecule has 0 spiro atoms. The zero-order valence-corrected chi connectivity index (χ0v) is 15.9. The largest absolute Gasteiger partial charge is 0.548 e. The van der Waals surface area contributed by atoms with E-state index in [0.29, 0.717) is 22.4 Å². The minimum absolute atomic E-state index is 0.130. The second-order valence-corrected chi connectivity index (χ2v) is 6.36. The van der Waals surface area contributed by atoms with Crippen molar-refractivity contribution in [2.24, 2.45) is 7.05 Å². The average molecular weight is 381 g/mol. The summed E-state index contributed by atoms with van der Waals surface area (Å²) in [5, 5.41) is 14.8. The lowest BCUT2D eigenvalue weighted by Gasteiger charge is -2.20. The van der Waals surface area contributed by atoms with E-state index >= 15 is 0 Å². The molecule has 1 heterocycles. The van der Waals surface area contributed by atoms with E-state index in [1.807, 2.05) is 18.2 Å². The van der Waals surface area contributed by atoms with Gasteiger partial charge in [0.05, 0.1) is 31.7 Å². The first kappa shape index (κ1) is 19.3. The number of methoxy groups -OCH3 is 2. The van der Waals surface area contributed by atoms with E-state index in [1.54, 1.807) is 56.2 Å². The maximum atomic E-state index is 12.8. The Labute approximate surface area is 162 Å². The Bertz CT molecular complexity index is 1010. The Kier molecular flexibility index (Phi) is 5.54. The zero-order chi connectivity index (χ0) is 20.3. The lowest BCUT2D eigenvalue weighted by molar-refractivity contribution is -0.308. The number of ether oxygens (including phenoxy) is 2. The summed E-state index contributed by atoms with van der Waals surface area (Å²) in [5.74, 6) is -0.691. The van der Waals surface area contributed by atoms with Crippen LogP contribution in [0, 0.1) is 0 Å². The molecule has 146 valence electrons. The summed E-state index contributed by atoms with van der Waals surface area (Å²) in [6.07, 6.45) is 0.130. The summed E-state index contributed by atoms with van der Waals surface area (Å²) in [7, 11) is 4.80. The summed E-state index contributed by atoms with van der Waals surface area (Å²) >= 11 is 0. The van der Waals surface area contributed by atoms with Gasteiger partial charge in [-0.3, -0.25) is 4.79 Å². The number of benzene rings is 2. The van der Waals surface area contributed by atoms with Gasteiger partial charge in [0.1, 0.15) is 17.2 Å². The summed E-state index contributed by atoms with van der Waals surface area (Å²) in [5.41, 5.74) is 1.76. The van der Waals surface area contributed by atoms with Crippen LogP contribution in [0.15, 0.2) is 48.5 Å². The van der Waals surface area contributed by atoms with E-state index in [0.717, 1.165) is 5.56 Å².